The van der Waals surface area contributed by atoms with Gasteiger partial charge in [0.25, 0.3) is 0 Å². The minimum absolute atomic E-state index is 0.138. The summed E-state index contributed by atoms with van der Waals surface area (Å²) in [4.78, 5) is 0. The van der Waals surface area contributed by atoms with E-state index < -0.39 is 5.82 Å². The Hall–Kier alpha value is -3.10. The molecule has 0 saturated carbocycles. The first-order valence-corrected chi connectivity index (χ1v) is 10.4. The van der Waals surface area contributed by atoms with E-state index in [1.165, 1.54) is 24.3 Å². The molecule has 0 unspecified atom stereocenters. The summed E-state index contributed by atoms with van der Waals surface area (Å²) < 4.78 is 30.6. The number of ether oxygens (including phenoxy) is 3. The molecule has 0 saturated heterocycles. The Bertz CT molecular complexity index is 966. The molecule has 0 amide bonds. The van der Waals surface area contributed by atoms with E-state index in [-0.39, 0.29) is 17.1 Å². The Kier molecular flexibility index (Phi) is 9.97. The van der Waals surface area contributed by atoms with Crippen LogP contribution >= 0.6 is 11.6 Å². The molecule has 7 nitrogen and oxygen atoms in total. The van der Waals surface area contributed by atoms with Gasteiger partial charge in [-0.15, -0.1) is 0 Å². The summed E-state index contributed by atoms with van der Waals surface area (Å²) in [7, 11) is 5.02. The van der Waals surface area contributed by atoms with Gasteiger partial charge in [0.1, 0.15) is 17.3 Å². The lowest BCUT2D eigenvalue weighted by Gasteiger charge is -2.16. The number of methoxy groups -OCH3 is 2. The quantitative estimate of drug-likeness (QED) is 0.217. The number of benzene rings is 2. The van der Waals surface area contributed by atoms with E-state index in [2.05, 4.69) is 10.6 Å². The maximum Gasteiger partial charge on any atom is 0.208 e. The van der Waals surface area contributed by atoms with Crippen molar-refractivity contribution in [3.8, 4) is 11.5 Å². The van der Waals surface area contributed by atoms with E-state index in [0.29, 0.717) is 35.4 Å². The second kappa shape index (κ2) is 12.7. The summed E-state index contributed by atoms with van der Waals surface area (Å²) in [6.07, 6.45) is 2.29. The average molecular weight is 465 g/mol. The molecule has 2 aromatic carbocycles. The second-order valence-electron chi connectivity index (χ2n) is 6.84. The molecule has 0 spiro atoms. The number of halogens is 2. The van der Waals surface area contributed by atoms with Gasteiger partial charge in [-0.2, -0.15) is 0 Å². The SMILES string of the molecule is CNCCCO/C(N)=C(/C=C(\N)c1cc(Cl)ccc1F)NCc1ccc(OC)cc1OC. The van der Waals surface area contributed by atoms with Crippen LogP contribution in [0.5, 0.6) is 11.5 Å². The average Bonchev–Trinajstić information content (AvgIpc) is 2.80. The highest BCUT2D eigenvalue weighted by Crippen LogP contribution is 2.25. The maximum absolute atomic E-state index is 14.3. The van der Waals surface area contributed by atoms with Crippen LogP contribution in [0.1, 0.15) is 17.5 Å². The molecule has 0 atom stereocenters. The van der Waals surface area contributed by atoms with Crippen molar-refractivity contribution in [3.05, 3.63) is 76.0 Å². The fraction of sp³-hybridized carbons (Fsp3) is 0.304. The summed E-state index contributed by atoms with van der Waals surface area (Å²) in [5, 5.41) is 6.62. The predicted molar refractivity (Wildman–Crippen MR) is 126 cm³/mol. The first-order valence-electron chi connectivity index (χ1n) is 10.0. The number of nitrogens with one attached hydrogen (secondary N) is 2. The van der Waals surface area contributed by atoms with E-state index in [4.69, 9.17) is 37.3 Å². The van der Waals surface area contributed by atoms with Gasteiger partial charge in [0.2, 0.25) is 5.88 Å². The summed E-state index contributed by atoms with van der Waals surface area (Å²) in [5.74, 6) is 0.962. The van der Waals surface area contributed by atoms with Crippen LogP contribution in [0.25, 0.3) is 5.70 Å². The largest absolute Gasteiger partial charge is 0.497 e. The predicted octanol–water partition coefficient (Wildman–Crippen LogP) is 3.34. The topological polar surface area (TPSA) is 104 Å². The van der Waals surface area contributed by atoms with Crippen molar-refractivity contribution in [1.29, 1.82) is 0 Å². The molecule has 0 heterocycles. The Morgan fingerprint density at radius 1 is 1.12 bits per heavy atom. The molecular weight excluding hydrogens is 435 g/mol. The number of allylic oxidation sites excluding steroid dienone is 1. The van der Waals surface area contributed by atoms with Gasteiger partial charge in [0, 0.05) is 34.5 Å². The third-order valence-electron chi connectivity index (χ3n) is 4.60. The van der Waals surface area contributed by atoms with Crippen molar-refractivity contribution in [2.24, 2.45) is 11.5 Å². The van der Waals surface area contributed by atoms with Gasteiger partial charge < -0.3 is 36.3 Å². The Balaban J connectivity index is 2.31. The van der Waals surface area contributed by atoms with E-state index in [9.17, 15) is 4.39 Å². The Morgan fingerprint density at radius 2 is 1.91 bits per heavy atom. The molecular formula is C23H30ClFN4O3. The number of hydrogen-bond donors (Lipinski definition) is 4. The number of hydrogen-bond acceptors (Lipinski definition) is 7. The van der Waals surface area contributed by atoms with Crippen molar-refractivity contribution in [3.63, 3.8) is 0 Å². The highest BCUT2D eigenvalue weighted by molar-refractivity contribution is 6.30. The van der Waals surface area contributed by atoms with Crippen LogP contribution in [0.2, 0.25) is 5.02 Å². The summed E-state index contributed by atoms with van der Waals surface area (Å²) in [6.45, 7) is 1.54. The molecule has 174 valence electrons. The van der Waals surface area contributed by atoms with Gasteiger partial charge in [0.15, 0.2) is 0 Å². The molecule has 2 aromatic rings. The van der Waals surface area contributed by atoms with Crippen LogP contribution in [0.15, 0.2) is 54.1 Å². The van der Waals surface area contributed by atoms with E-state index >= 15 is 0 Å². The monoisotopic (exact) mass is 464 g/mol. The molecule has 0 radical (unpaired) electrons. The maximum atomic E-state index is 14.3. The number of rotatable bonds is 12. The van der Waals surface area contributed by atoms with Gasteiger partial charge in [-0.3, -0.25) is 0 Å². The van der Waals surface area contributed by atoms with Crippen LogP contribution in [0, 0.1) is 5.82 Å². The van der Waals surface area contributed by atoms with Gasteiger partial charge in [-0.05, 0) is 56.4 Å². The molecule has 2 rings (SSSR count). The van der Waals surface area contributed by atoms with E-state index in [0.717, 1.165) is 18.5 Å². The van der Waals surface area contributed by atoms with E-state index in [1.807, 2.05) is 19.2 Å². The van der Waals surface area contributed by atoms with Crippen molar-refractivity contribution in [2.45, 2.75) is 13.0 Å². The summed E-state index contributed by atoms with van der Waals surface area (Å²) in [6, 6.07) is 9.65. The van der Waals surface area contributed by atoms with Gasteiger partial charge >= 0.3 is 0 Å². The van der Waals surface area contributed by atoms with Gasteiger partial charge in [-0.1, -0.05) is 11.6 Å². The molecule has 6 N–H and O–H groups in total. The highest BCUT2D eigenvalue weighted by Gasteiger charge is 2.11. The molecule has 0 aromatic heterocycles. The fourth-order valence-electron chi connectivity index (χ4n) is 2.86. The minimum atomic E-state index is -0.493. The molecule has 0 bridgehead atoms. The highest BCUT2D eigenvalue weighted by atomic mass is 35.5. The number of nitrogens with two attached hydrogens (primary N) is 2. The first-order chi connectivity index (χ1) is 15.4. The molecule has 0 aliphatic rings. The van der Waals surface area contributed by atoms with Crippen molar-refractivity contribution < 1.29 is 18.6 Å². The van der Waals surface area contributed by atoms with E-state index in [1.54, 1.807) is 20.3 Å². The summed E-state index contributed by atoms with van der Waals surface area (Å²) in [5.41, 5.74) is 13.9. The molecule has 9 heteroatoms. The normalized spacial score (nSPS) is 12.2. The zero-order valence-electron chi connectivity index (χ0n) is 18.5. The molecule has 32 heavy (non-hydrogen) atoms. The minimum Gasteiger partial charge on any atom is -0.497 e. The first kappa shape index (κ1) is 25.2. The van der Waals surface area contributed by atoms with Crippen molar-refractivity contribution in [2.75, 3.05) is 34.4 Å². The lowest BCUT2D eigenvalue weighted by Crippen LogP contribution is -2.21. The van der Waals surface area contributed by atoms with Crippen LogP contribution < -0.4 is 31.6 Å². The van der Waals surface area contributed by atoms with Crippen LogP contribution in [0.3, 0.4) is 0 Å². The smallest absolute Gasteiger partial charge is 0.208 e. The summed E-state index contributed by atoms with van der Waals surface area (Å²) >= 11 is 6.00. The Morgan fingerprint density at radius 3 is 2.59 bits per heavy atom. The lowest BCUT2D eigenvalue weighted by atomic mass is 10.1. The zero-order valence-corrected chi connectivity index (χ0v) is 19.3. The third-order valence-corrected chi connectivity index (χ3v) is 4.83. The van der Waals surface area contributed by atoms with Crippen molar-refractivity contribution >= 4 is 17.3 Å². The van der Waals surface area contributed by atoms with Crippen LogP contribution in [-0.4, -0.2) is 34.4 Å². The molecule has 0 aliphatic carbocycles. The standard InChI is InChI=1S/C23H30ClFN4O3/c1-28-9-4-10-32-23(27)21(13-20(26)18-11-16(24)6-8-19(18)25)29-14-15-5-7-17(30-2)12-22(15)31-3/h5-8,11-13,28-29H,4,9-10,14,26-27H2,1-3H3/b20-13-,23-21-. The fourth-order valence-corrected chi connectivity index (χ4v) is 3.03. The zero-order chi connectivity index (χ0) is 23.5. The molecule has 0 fully saturated rings. The van der Waals surface area contributed by atoms with Gasteiger partial charge in [0.05, 0.1) is 26.5 Å². The van der Waals surface area contributed by atoms with Crippen LogP contribution in [-0.2, 0) is 11.3 Å². The third kappa shape index (κ3) is 7.25. The molecule has 0 aliphatic heterocycles. The van der Waals surface area contributed by atoms with Crippen LogP contribution in [0.4, 0.5) is 4.39 Å². The second-order valence-corrected chi connectivity index (χ2v) is 7.28. The Labute approximate surface area is 193 Å². The lowest BCUT2D eigenvalue weighted by molar-refractivity contribution is 0.201. The van der Waals surface area contributed by atoms with Gasteiger partial charge in [-0.25, -0.2) is 4.39 Å². The van der Waals surface area contributed by atoms with Crippen molar-refractivity contribution in [1.82, 2.24) is 10.6 Å².